The van der Waals surface area contributed by atoms with Gasteiger partial charge in [0.25, 0.3) is 0 Å². The van der Waals surface area contributed by atoms with E-state index in [0.29, 0.717) is 19.4 Å². The van der Waals surface area contributed by atoms with E-state index in [4.69, 9.17) is 9.47 Å². The molecule has 0 aliphatic carbocycles. The molecule has 0 saturated carbocycles. The molecular formula is C37H53NO6. The van der Waals surface area contributed by atoms with Crippen molar-refractivity contribution in [3.63, 3.8) is 0 Å². The predicted molar refractivity (Wildman–Crippen MR) is 179 cm³/mol. The molecule has 7 nitrogen and oxygen atoms in total. The van der Waals surface area contributed by atoms with Gasteiger partial charge in [-0.25, -0.2) is 9.59 Å². The number of para-hydroxylation sites is 1. The molecule has 1 amide bonds. The molecule has 0 bridgehead atoms. The summed E-state index contributed by atoms with van der Waals surface area (Å²) in [6, 6.07) is 5.02. The van der Waals surface area contributed by atoms with E-state index in [2.05, 4.69) is 73.0 Å². The van der Waals surface area contributed by atoms with Crippen LogP contribution in [-0.2, 0) is 14.3 Å². The first-order valence-electron chi connectivity index (χ1n) is 16.0. The molecule has 2 N–H and O–H groups in total. The Labute approximate surface area is 264 Å². The minimum Gasteiger partial charge on any atom is -0.478 e. The van der Waals surface area contributed by atoms with Gasteiger partial charge in [-0.2, -0.15) is 0 Å². The van der Waals surface area contributed by atoms with E-state index in [1.807, 2.05) is 20.8 Å². The number of amides is 1. The van der Waals surface area contributed by atoms with Crippen molar-refractivity contribution in [1.29, 1.82) is 0 Å². The van der Waals surface area contributed by atoms with Crippen molar-refractivity contribution in [2.75, 3.05) is 6.61 Å². The predicted octanol–water partition coefficient (Wildman–Crippen LogP) is 8.54. The molecule has 2 unspecified atom stereocenters. The van der Waals surface area contributed by atoms with E-state index >= 15 is 0 Å². The quantitative estimate of drug-likeness (QED) is 0.0559. The van der Waals surface area contributed by atoms with Gasteiger partial charge in [0, 0.05) is 6.61 Å². The second kappa shape index (κ2) is 24.7. The summed E-state index contributed by atoms with van der Waals surface area (Å²) in [4.78, 5) is 37.4. The lowest BCUT2D eigenvalue weighted by Crippen LogP contribution is -2.48. The van der Waals surface area contributed by atoms with Crippen molar-refractivity contribution in [1.82, 2.24) is 5.32 Å². The van der Waals surface area contributed by atoms with Crippen molar-refractivity contribution in [2.24, 2.45) is 5.92 Å². The molecule has 242 valence electrons. The average molecular weight is 608 g/mol. The normalized spacial score (nSPS) is 13.6. The molecular weight excluding hydrogens is 554 g/mol. The third kappa shape index (κ3) is 18.1. The fourth-order valence-electron chi connectivity index (χ4n) is 4.20. The van der Waals surface area contributed by atoms with Crippen LogP contribution >= 0.6 is 0 Å². The summed E-state index contributed by atoms with van der Waals surface area (Å²) in [5.74, 6) is -2.23. The van der Waals surface area contributed by atoms with E-state index in [0.717, 1.165) is 51.4 Å². The molecule has 0 aliphatic rings. The minimum atomic E-state index is -1.20. The van der Waals surface area contributed by atoms with Crippen LogP contribution in [0.1, 0.15) is 102 Å². The number of nitrogens with one attached hydrogen (secondary N) is 1. The number of benzene rings is 1. The molecule has 0 aromatic heterocycles. The number of rotatable bonds is 23. The van der Waals surface area contributed by atoms with Crippen molar-refractivity contribution in [2.45, 2.75) is 104 Å². The third-order valence-corrected chi connectivity index (χ3v) is 6.54. The average Bonchev–Trinajstić information content (AvgIpc) is 2.99. The Morgan fingerprint density at radius 3 is 1.93 bits per heavy atom. The Hall–Kier alpha value is -3.71. The van der Waals surface area contributed by atoms with E-state index in [9.17, 15) is 19.5 Å². The SMILES string of the molecule is CCC=CCC=CCC=CCC=CCC=CCCCCOC(CC)C(=O)NC(CC(C)C)C(=O)Oc1ccccc1C(=O)O. The van der Waals surface area contributed by atoms with Crippen LogP contribution in [0.3, 0.4) is 0 Å². The van der Waals surface area contributed by atoms with Crippen LogP contribution in [0.25, 0.3) is 0 Å². The topological polar surface area (TPSA) is 102 Å². The van der Waals surface area contributed by atoms with Gasteiger partial charge in [-0.1, -0.05) is 101 Å². The zero-order valence-corrected chi connectivity index (χ0v) is 27.1. The number of esters is 1. The minimum absolute atomic E-state index is 0.0520. The third-order valence-electron chi connectivity index (χ3n) is 6.54. The van der Waals surface area contributed by atoms with Gasteiger partial charge in [-0.3, -0.25) is 4.79 Å². The first kappa shape index (κ1) is 38.3. The van der Waals surface area contributed by atoms with Crippen molar-refractivity contribution < 1.29 is 29.0 Å². The summed E-state index contributed by atoms with van der Waals surface area (Å²) in [5.41, 5.74) is -0.116. The smallest absolute Gasteiger partial charge is 0.339 e. The first-order chi connectivity index (χ1) is 21.3. The lowest BCUT2D eigenvalue weighted by molar-refractivity contribution is -0.143. The van der Waals surface area contributed by atoms with Crippen LogP contribution in [0, 0.1) is 5.92 Å². The van der Waals surface area contributed by atoms with Crippen LogP contribution < -0.4 is 10.1 Å². The Balaban J connectivity index is 2.35. The monoisotopic (exact) mass is 607 g/mol. The van der Waals surface area contributed by atoms with Crippen LogP contribution in [0.5, 0.6) is 5.75 Å². The Morgan fingerprint density at radius 2 is 1.39 bits per heavy atom. The molecule has 1 rings (SSSR count). The summed E-state index contributed by atoms with van der Waals surface area (Å²) < 4.78 is 11.2. The molecule has 0 fully saturated rings. The van der Waals surface area contributed by atoms with Gasteiger partial charge in [0.15, 0.2) is 0 Å². The molecule has 0 radical (unpaired) electrons. The molecule has 1 aromatic carbocycles. The Morgan fingerprint density at radius 1 is 0.818 bits per heavy atom. The number of aromatic carboxylic acids is 1. The molecule has 2 atom stereocenters. The van der Waals surface area contributed by atoms with E-state index in [1.54, 1.807) is 12.1 Å². The van der Waals surface area contributed by atoms with Crippen molar-refractivity contribution >= 4 is 17.8 Å². The number of carbonyl (C=O) groups is 3. The number of carboxylic acid groups (broad SMARTS) is 1. The molecule has 7 heteroatoms. The maximum absolute atomic E-state index is 13.0. The van der Waals surface area contributed by atoms with Gasteiger partial charge in [0.2, 0.25) is 5.91 Å². The van der Waals surface area contributed by atoms with Gasteiger partial charge in [-0.15, -0.1) is 0 Å². The van der Waals surface area contributed by atoms with Gasteiger partial charge in [0.05, 0.1) is 0 Å². The Bertz CT molecular complexity index is 1110. The van der Waals surface area contributed by atoms with Gasteiger partial charge >= 0.3 is 11.9 Å². The van der Waals surface area contributed by atoms with Crippen LogP contribution in [0.4, 0.5) is 0 Å². The number of unbranched alkanes of at least 4 members (excludes halogenated alkanes) is 2. The summed E-state index contributed by atoms with van der Waals surface area (Å²) in [6.45, 7) is 8.32. The molecule has 1 aromatic rings. The largest absolute Gasteiger partial charge is 0.478 e. The summed E-state index contributed by atoms with van der Waals surface area (Å²) in [7, 11) is 0. The highest BCUT2D eigenvalue weighted by atomic mass is 16.5. The fourth-order valence-corrected chi connectivity index (χ4v) is 4.20. The molecule has 0 saturated heterocycles. The maximum Gasteiger partial charge on any atom is 0.339 e. The zero-order valence-electron chi connectivity index (χ0n) is 27.1. The summed E-state index contributed by atoms with van der Waals surface area (Å²) in [6.07, 6.45) is 29.6. The van der Waals surface area contributed by atoms with Crippen molar-refractivity contribution in [3.05, 3.63) is 90.6 Å². The molecule has 0 aliphatic heterocycles. The fraction of sp³-hybridized carbons (Fsp3) is 0.486. The zero-order chi connectivity index (χ0) is 32.4. The maximum atomic E-state index is 13.0. The second-order valence-electron chi connectivity index (χ2n) is 10.9. The highest BCUT2D eigenvalue weighted by molar-refractivity contribution is 5.93. The van der Waals surface area contributed by atoms with Gasteiger partial charge < -0.3 is 19.9 Å². The highest BCUT2D eigenvalue weighted by Gasteiger charge is 2.28. The van der Waals surface area contributed by atoms with Crippen LogP contribution in [0.15, 0.2) is 85.0 Å². The number of hydrogen-bond acceptors (Lipinski definition) is 5. The second-order valence-corrected chi connectivity index (χ2v) is 10.9. The highest BCUT2D eigenvalue weighted by Crippen LogP contribution is 2.19. The lowest BCUT2D eigenvalue weighted by atomic mass is 10.0. The number of carboxylic acids is 1. The number of ether oxygens (including phenoxy) is 2. The van der Waals surface area contributed by atoms with E-state index in [1.165, 1.54) is 12.1 Å². The number of carbonyl (C=O) groups excluding carboxylic acids is 2. The summed E-state index contributed by atoms with van der Waals surface area (Å²) in [5, 5.41) is 12.1. The van der Waals surface area contributed by atoms with E-state index in [-0.39, 0.29) is 23.1 Å². The van der Waals surface area contributed by atoms with Crippen LogP contribution in [-0.4, -0.2) is 41.7 Å². The van der Waals surface area contributed by atoms with Gasteiger partial charge in [0.1, 0.15) is 23.5 Å². The van der Waals surface area contributed by atoms with Gasteiger partial charge in [-0.05, 0) is 82.3 Å². The van der Waals surface area contributed by atoms with Crippen molar-refractivity contribution in [3.8, 4) is 5.75 Å². The number of allylic oxidation sites excluding steroid dienone is 10. The van der Waals surface area contributed by atoms with E-state index < -0.39 is 24.1 Å². The summed E-state index contributed by atoms with van der Waals surface area (Å²) >= 11 is 0. The van der Waals surface area contributed by atoms with Crippen LogP contribution in [0.2, 0.25) is 0 Å². The standard InChI is InChI=1S/C37H53NO6/c1-5-7-8-9-10-11-12-13-14-15-16-17-18-19-20-21-22-25-28-43-33(6-2)35(39)38-32(29-30(3)4)37(42)44-34-27-24-23-26-31(34)36(40)41/h7-8,10-11,13-14,16-17,19-20,23-24,26-27,30,32-33H,5-6,9,12,15,18,21-22,25,28-29H2,1-4H3,(H,38,39)(H,40,41). The molecule has 0 spiro atoms. The number of hydrogen-bond donors (Lipinski definition) is 2. The Kier molecular flexibility index (Phi) is 21.5. The first-order valence-corrected chi connectivity index (χ1v) is 16.0. The lowest BCUT2D eigenvalue weighted by Gasteiger charge is -2.23. The molecule has 0 heterocycles. The molecule has 44 heavy (non-hydrogen) atoms.